The Hall–Kier alpha value is -2.13. The molecule has 112 valence electrons. The fourth-order valence-electron chi connectivity index (χ4n) is 2.80. The lowest BCUT2D eigenvalue weighted by molar-refractivity contribution is -0.384. The first-order valence-electron chi connectivity index (χ1n) is 7.30. The van der Waals surface area contributed by atoms with Crippen LogP contribution in [0.25, 0.3) is 0 Å². The minimum atomic E-state index is -0.405. The zero-order valence-corrected chi connectivity index (χ0v) is 12.2. The van der Waals surface area contributed by atoms with Gasteiger partial charge in [0.1, 0.15) is 5.69 Å². The molecule has 21 heavy (non-hydrogen) atoms. The van der Waals surface area contributed by atoms with Crippen LogP contribution < -0.4 is 10.2 Å². The summed E-state index contributed by atoms with van der Waals surface area (Å²) in [6.07, 6.45) is 2.30. The lowest BCUT2D eigenvalue weighted by Gasteiger charge is -2.30. The fraction of sp³-hybridized carbons (Fsp3) is 0.533. The summed E-state index contributed by atoms with van der Waals surface area (Å²) < 4.78 is 0. The molecule has 1 unspecified atom stereocenters. The second-order valence-corrected chi connectivity index (χ2v) is 5.32. The van der Waals surface area contributed by atoms with E-state index in [0.29, 0.717) is 23.7 Å². The van der Waals surface area contributed by atoms with Crippen LogP contribution in [0.1, 0.15) is 25.3 Å². The van der Waals surface area contributed by atoms with Gasteiger partial charge in [-0.1, -0.05) is 0 Å². The van der Waals surface area contributed by atoms with Crippen molar-refractivity contribution in [3.05, 3.63) is 33.9 Å². The van der Waals surface area contributed by atoms with Crippen LogP contribution in [0.15, 0.2) is 18.2 Å². The molecular formula is C15H20N4O2. The van der Waals surface area contributed by atoms with E-state index >= 15 is 0 Å². The molecular weight excluding hydrogens is 268 g/mol. The maximum absolute atomic E-state index is 11.3. The standard InChI is InChI=1S/C15H20N4O2/c1-2-18(11-13-4-3-7-17-10-13)14-6-5-12(9-16)8-15(14)19(20)21/h5-6,8,13,17H,2-4,7,10-11H2,1H3. The Morgan fingerprint density at radius 2 is 2.38 bits per heavy atom. The Balaban J connectivity index is 2.24. The van der Waals surface area contributed by atoms with Gasteiger partial charge < -0.3 is 10.2 Å². The summed E-state index contributed by atoms with van der Waals surface area (Å²) in [5, 5.41) is 23.5. The van der Waals surface area contributed by atoms with Crippen molar-refractivity contribution >= 4 is 11.4 Å². The summed E-state index contributed by atoms with van der Waals surface area (Å²) >= 11 is 0. The van der Waals surface area contributed by atoms with Gasteiger partial charge in [-0.15, -0.1) is 0 Å². The average molecular weight is 288 g/mol. The lowest BCUT2D eigenvalue weighted by Crippen LogP contribution is -2.38. The molecule has 1 atom stereocenters. The highest BCUT2D eigenvalue weighted by molar-refractivity contribution is 5.65. The summed E-state index contributed by atoms with van der Waals surface area (Å²) in [6, 6.07) is 6.65. The largest absolute Gasteiger partial charge is 0.366 e. The first-order chi connectivity index (χ1) is 10.2. The van der Waals surface area contributed by atoms with Crippen LogP contribution in [0, 0.1) is 27.4 Å². The smallest absolute Gasteiger partial charge is 0.293 e. The molecule has 0 spiro atoms. The fourth-order valence-corrected chi connectivity index (χ4v) is 2.80. The number of nitrogens with zero attached hydrogens (tertiary/aromatic N) is 3. The number of anilines is 1. The van der Waals surface area contributed by atoms with Gasteiger partial charge in [0, 0.05) is 19.2 Å². The molecule has 2 rings (SSSR count). The number of nitro groups is 1. The normalized spacial score (nSPS) is 18.0. The predicted octanol–water partition coefficient (Wildman–Crippen LogP) is 2.29. The third-order valence-electron chi connectivity index (χ3n) is 3.90. The van der Waals surface area contributed by atoms with Gasteiger partial charge >= 0.3 is 0 Å². The zero-order chi connectivity index (χ0) is 15.2. The Labute approximate surface area is 124 Å². The van der Waals surface area contributed by atoms with Gasteiger partial charge in [0.25, 0.3) is 5.69 Å². The number of hydrogen-bond donors (Lipinski definition) is 1. The number of rotatable bonds is 5. The van der Waals surface area contributed by atoms with Gasteiger partial charge in [0.05, 0.1) is 16.6 Å². The van der Waals surface area contributed by atoms with Crippen LogP contribution in [0.4, 0.5) is 11.4 Å². The molecule has 0 saturated carbocycles. The topological polar surface area (TPSA) is 82.2 Å². The van der Waals surface area contributed by atoms with Crippen molar-refractivity contribution in [3.63, 3.8) is 0 Å². The van der Waals surface area contributed by atoms with E-state index in [1.54, 1.807) is 12.1 Å². The summed E-state index contributed by atoms with van der Waals surface area (Å²) in [4.78, 5) is 12.9. The summed E-state index contributed by atoms with van der Waals surface area (Å²) in [6.45, 7) is 5.53. The Morgan fingerprint density at radius 1 is 1.57 bits per heavy atom. The molecule has 1 N–H and O–H groups in total. The van der Waals surface area contributed by atoms with Crippen molar-refractivity contribution in [1.82, 2.24) is 5.32 Å². The van der Waals surface area contributed by atoms with Crippen molar-refractivity contribution in [2.75, 3.05) is 31.1 Å². The molecule has 6 heteroatoms. The zero-order valence-electron chi connectivity index (χ0n) is 12.2. The third-order valence-corrected chi connectivity index (χ3v) is 3.90. The van der Waals surface area contributed by atoms with Gasteiger partial charge in [0.2, 0.25) is 0 Å². The molecule has 0 aromatic heterocycles. The molecule has 0 amide bonds. The predicted molar refractivity (Wildman–Crippen MR) is 81.3 cm³/mol. The molecule has 1 aliphatic heterocycles. The van der Waals surface area contributed by atoms with Gasteiger partial charge in [0.15, 0.2) is 0 Å². The minimum absolute atomic E-state index is 0.0136. The molecule has 1 aliphatic rings. The Morgan fingerprint density at radius 3 is 2.95 bits per heavy atom. The van der Waals surface area contributed by atoms with Crippen LogP contribution in [-0.2, 0) is 0 Å². The van der Waals surface area contributed by atoms with E-state index in [2.05, 4.69) is 5.32 Å². The molecule has 0 radical (unpaired) electrons. The van der Waals surface area contributed by atoms with Crippen molar-refractivity contribution in [1.29, 1.82) is 5.26 Å². The second-order valence-electron chi connectivity index (χ2n) is 5.32. The van der Waals surface area contributed by atoms with Crippen LogP contribution in [0.5, 0.6) is 0 Å². The maximum atomic E-state index is 11.3. The van der Waals surface area contributed by atoms with Crippen LogP contribution in [-0.4, -0.2) is 31.1 Å². The highest BCUT2D eigenvalue weighted by Gasteiger charge is 2.22. The first kappa shape index (κ1) is 15.3. The van der Waals surface area contributed by atoms with Crippen LogP contribution in [0.3, 0.4) is 0 Å². The molecule has 1 aromatic rings. The van der Waals surface area contributed by atoms with E-state index in [1.807, 2.05) is 17.9 Å². The summed E-state index contributed by atoms with van der Waals surface area (Å²) in [5.41, 5.74) is 0.938. The van der Waals surface area contributed by atoms with Crippen LogP contribution in [0.2, 0.25) is 0 Å². The molecule has 0 aliphatic carbocycles. The van der Waals surface area contributed by atoms with Gasteiger partial charge in [-0.25, -0.2) is 0 Å². The SMILES string of the molecule is CCN(CC1CCCNC1)c1ccc(C#N)cc1[N+](=O)[O-]. The molecule has 1 fully saturated rings. The van der Waals surface area contributed by atoms with Gasteiger partial charge in [-0.05, 0) is 50.9 Å². The van der Waals surface area contributed by atoms with Crippen molar-refractivity contribution in [2.45, 2.75) is 19.8 Å². The number of benzene rings is 1. The van der Waals surface area contributed by atoms with Gasteiger partial charge in [-0.2, -0.15) is 5.26 Å². The quantitative estimate of drug-likeness (QED) is 0.664. The van der Waals surface area contributed by atoms with Gasteiger partial charge in [-0.3, -0.25) is 10.1 Å². The first-order valence-corrected chi connectivity index (χ1v) is 7.30. The number of hydrogen-bond acceptors (Lipinski definition) is 5. The van der Waals surface area contributed by atoms with Crippen molar-refractivity contribution in [2.24, 2.45) is 5.92 Å². The lowest BCUT2D eigenvalue weighted by atomic mass is 9.98. The molecule has 1 heterocycles. The van der Waals surface area contributed by atoms with E-state index < -0.39 is 4.92 Å². The summed E-state index contributed by atoms with van der Waals surface area (Å²) in [7, 11) is 0. The van der Waals surface area contributed by atoms with E-state index in [0.717, 1.165) is 32.5 Å². The van der Waals surface area contributed by atoms with E-state index in [1.165, 1.54) is 6.07 Å². The third kappa shape index (κ3) is 3.70. The van der Waals surface area contributed by atoms with E-state index in [9.17, 15) is 10.1 Å². The van der Waals surface area contributed by atoms with Crippen LogP contribution >= 0.6 is 0 Å². The molecule has 1 saturated heterocycles. The number of nitrogens with one attached hydrogen (secondary N) is 1. The Bertz CT molecular complexity index is 547. The highest BCUT2D eigenvalue weighted by atomic mass is 16.6. The number of nitro benzene ring substituents is 1. The monoisotopic (exact) mass is 288 g/mol. The average Bonchev–Trinajstić information content (AvgIpc) is 2.53. The maximum Gasteiger partial charge on any atom is 0.293 e. The van der Waals surface area contributed by atoms with Crippen molar-refractivity contribution in [3.8, 4) is 6.07 Å². The van der Waals surface area contributed by atoms with Crippen molar-refractivity contribution < 1.29 is 4.92 Å². The van der Waals surface area contributed by atoms with E-state index in [-0.39, 0.29) is 5.69 Å². The van der Waals surface area contributed by atoms with E-state index in [4.69, 9.17) is 5.26 Å². The molecule has 0 bridgehead atoms. The molecule has 6 nitrogen and oxygen atoms in total. The minimum Gasteiger partial charge on any atom is -0.366 e. The molecule has 1 aromatic carbocycles. The summed E-state index contributed by atoms with van der Waals surface area (Å²) in [5.74, 6) is 0.508. The highest BCUT2D eigenvalue weighted by Crippen LogP contribution is 2.30. The Kier molecular flexibility index (Phi) is 5.12. The second kappa shape index (κ2) is 7.04. The number of piperidine rings is 1. The number of nitriles is 1.